The second-order valence-electron chi connectivity index (χ2n) is 22.6. The zero-order valence-corrected chi connectivity index (χ0v) is 52.5. The van der Waals surface area contributed by atoms with Gasteiger partial charge in [0.2, 0.25) is 23.0 Å². The Morgan fingerprint density at radius 2 is 0.720 bits per heavy atom. The van der Waals surface area contributed by atoms with Crippen molar-refractivity contribution in [3.8, 4) is 17.2 Å². The van der Waals surface area contributed by atoms with Gasteiger partial charge in [0.25, 0.3) is 17.7 Å². The fraction of sp³-hybridized carbons (Fsp3) is 0.554. The van der Waals surface area contributed by atoms with Crippen LogP contribution in [0.5, 0.6) is 17.2 Å². The van der Waals surface area contributed by atoms with E-state index in [4.69, 9.17) is 89.5 Å². The smallest absolute Gasteiger partial charge is 0.258 e. The summed E-state index contributed by atoms with van der Waals surface area (Å²) in [6.07, 6.45) is 7.46. The van der Waals surface area contributed by atoms with Crippen LogP contribution in [0.15, 0.2) is 72.8 Å². The summed E-state index contributed by atoms with van der Waals surface area (Å²) in [5, 5.41) is 19.1. The first-order valence-electron chi connectivity index (χ1n) is 26.4. The van der Waals surface area contributed by atoms with E-state index >= 15 is 0 Å². The van der Waals surface area contributed by atoms with Gasteiger partial charge in [-0.3, -0.25) is 43.4 Å². The van der Waals surface area contributed by atoms with Crippen molar-refractivity contribution in [2.24, 2.45) is 5.73 Å². The highest BCUT2D eigenvalue weighted by molar-refractivity contribution is 6.67. The third kappa shape index (κ3) is 20.9. The third-order valence-electron chi connectivity index (χ3n) is 14.8. The van der Waals surface area contributed by atoms with Gasteiger partial charge in [-0.2, -0.15) is 0 Å². The Bertz CT molecular complexity index is 2490. The summed E-state index contributed by atoms with van der Waals surface area (Å²) in [5.74, 6) is 1.40. The van der Waals surface area contributed by atoms with E-state index in [0.29, 0.717) is 57.5 Å². The molecule has 3 aromatic carbocycles. The molecule has 0 atom stereocenters. The van der Waals surface area contributed by atoms with Gasteiger partial charge < -0.3 is 51.8 Å². The molecule has 0 aliphatic heterocycles. The van der Waals surface area contributed by atoms with Crippen LogP contribution in [0.25, 0.3) is 0 Å². The van der Waals surface area contributed by atoms with Crippen LogP contribution in [-0.4, -0.2) is 162 Å². The van der Waals surface area contributed by atoms with E-state index in [1.165, 1.54) is 0 Å². The number of benzene rings is 3. The van der Waals surface area contributed by atoms with E-state index in [1.807, 2.05) is 23.9 Å². The minimum absolute atomic E-state index is 0. The van der Waals surface area contributed by atoms with Gasteiger partial charge in [-0.1, -0.05) is 34.8 Å². The topological polar surface area (TPSA) is 252 Å². The predicted molar refractivity (Wildman–Crippen MR) is 323 cm³/mol. The fourth-order valence-electron chi connectivity index (χ4n) is 10.7. The maximum Gasteiger partial charge on any atom is 0.258 e. The number of likely N-dealkylation sites (N-methyl/N-ethyl adjacent to an activating group) is 2. The summed E-state index contributed by atoms with van der Waals surface area (Å²) >= 11 is 32.0. The number of amides is 6. The van der Waals surface area contributed by atoms with E-state index in [9.17, 15) is 33.6 Å². The van der Waals surface area contributed by atoms with Crippen molar-refractivity contribution in [2.75, 3.05) is 65.8 Å². The summed E-state index contributed by atoms with van der Waals surface area (Å²) in [4.78, 5) is 83.6. The van der Waals surface area contributed by atoms with Crippen molar-refractivity contribution in [3.05, 3.63) is 87.9 Å². The summed E-state index contributed by atoms with van der Waals surface area (Å²) in [5.41, 5.74) is 5.31. The van der Waals surface area contributed by atoms with E-state index in [-0.39, 0.29) is 113 Å². The molecule has 0 spiro atoms. The van der Waals surface area contributed by atoms with Crippen molar-refractivity contribution in [1.29, 1.82) is 0 Å². The van der Waals surface area contributed by atoms with Crippen molar-refractivity contribution in [3.63, 3.8) is 0 Å². The van der Waals surface area contributed by atoms with E-state index in [2.05, 4.69) is 59.6 Å². The van der Waals surface area contributed by atoms with Crippen LogP contribution < -0.4 is 51.8 Å². The summed E-state index contributed by atoms with van der Waals surface area (Å²) in [6, 6.07) is 21.4. The molecule has 454 valence electrons. The monoisotopic (exact) mass is 1280 g/mol. The molecule has 9 aliphatic rings. The van der Waals surface area contributed by atoms with Gasteiger partial charge in [0.1, 0.15) is 23.1 Å². The summed E-state index contributed by atoms with van der Waals surface area (Å²) < 4.78 is 16.3. The molecule has 6 bridgehead atoms. The van der Waals surface area contributed by atoms with Crippen LogP contribution in [0.1, 0.15) is 85.5 Å². The standard InChI is InChI=1S/2C19H26ClN3O3.C13H15ClN2O2.C3H6ClNO.C2H2Cl2O.ClH/c2*1-13(2)23(3)8-16(24)21-18-10-19(11-18,12-18)22-17(25)9-26-15-6-4-14(20)5-7-15;14-9-1-3-10(4-2-9)18-5-11(17)16-13-6-12(15,7-13)8-13;1-5-3(6)2-4;3-1-2(4)5;/h2*4-7,13H,8-12H2,1-3H3,(H,21,24)(H,22,25);1-4H,5-8,15H2,(H,16,17);2H2,1H3,(H,5,6);1H2;1H. The molecule has 9 aliphatic carbocycles. The molecular weight excluding hydrogens is 1210 g/mol. The molecule has 19 nitrogen and oxygen atoms in total. The van der Waals surface area contributed by atoms with Gasteiger partial charge in [-0.25, -0.2) is 0 Å². The molecule has 0 aromatic heterocycles. The Balaban J connectivity index is 0.000000243. The molecule has 0 unspecified atom stereocenters. The van der Waals surface area contributed by atoms with Crippen LogP contribution in [0.3, 0.4) is 0 Å². The highest BCUT2D eigenvalue weighted by atomic mass is 35.5. The number of carbonyl (C=O) groups is 7. The SMILES string of the molecule is CC(C)N(C)CC(=O)NC12CC(NC(=O)COc3ccc(Cl)cc3)(C1)C2.CC(C)N(C)CC(=O)NC12CC(NC(=O)COc3ccc(Cl)cc3)(C1)C2.CNC(=O)CCl.Cl.NC12CC(NC(=O)COc3ccc(Cl)cc3)(C1)C2.O=C(Cl)CCl. The highest BCUT2D eigenvalue weighted by Gasteiger charge is 2.70. The van der Waals surface area contributed by atoms with Crippen molar-refractivity contribution in [2.45, 2.75) is 131 Å². The molecule has 82 heavy (non-hydrogen) atoms. The summed E-state index contributed by atoms with van der Waals surface area (Å²) in [6.45, 7) is 9.01. The maximum absolute atomic E-state index is 12.1. The van der Waals surface area contributed by atoms with E-state index < -0.39 is 5.24 Å². The van der Waals surface area contributed by atoms with Gasteiger partial charge in [0.15, 0.2) is 19.8 Å². The quantitative estimate of drug-likeness (QED) is 0.0405. The highest BCUT2D eigenvalue weighted by Crippen LogP contribution is 2.61. The van der Waals surface area contributed by atoms with Gasteiger partial charge >= 0.3 is 0 Å². The Morgan fingerprint density at radius 3 is 0.915 bits per heavy atom. The van der Waals surface area contributed by atoms with Crippen molar-refractivity contribution < 1.29 is 47.8 Å². The molecule has 6 amide bonds. The number of halogens is 7. The molecule has 9 fully saturated rings. The second kappa shape index (κ2) is 30.5. The van der Waals surface area contributed by atoms with Gasteiger partial charge in [-0.05, 0) is 184 Å². The average Bonchev–Trinajstić information content (AvgIpc) is 1.77. The van der Waals surface area contributed by atoms with Crippen LogP contribution in [-0.2, 0) is 33.6 Å². The zero-order chi connectivity index (χ0) is 60.0. The van der Waals surface area contributed by atoms with Crippen LogP contribution in [0, 0.1) is 0 Å². The number of nitrogens with zero attached hydrogens (tertiary/aromatic N) is 2. The van der Waals surface area contributed by atoms with Gasteiger partial charge in [0, 0.05) is 67.4 Å². The lowest BCUT2D eigenvalue weighted by molar-refractivity contribution is -0.152. The molecule has 12 rings (SSSR count). The number of hydrogen-bond donors (Lipinski definition) is 7. The fourth-order valence-corrected chi connectivity index (χ4v) is 11.2. The molecule has 8 N–H and O–H groups in total. The normalized spacial score (nSPS) is 24.6. The lowest BCUT2D eigenvalue weighted by Crippen LogP contribution is -2.84. The minimum Gasteiger partial charge on any atom is -0.484 e. The number of ether oxygens (including phenoxy) is 3. The van der Waals surface area contributed by atoms with E-state index in [0.717, 1.165) is 57.8 Å². The molecule has 26 heteroatoms. The zero-order valence-electron chi connectivity index (χ0n) is 47.1. The molecular formula is C56H76Cl7N9O10. The first-order chi connectivity index (χ1) is 38.0. The number of alkyl halides is 2. The Labute approximate surface area is 516 Å². The molecule has 0 radical (unpaired) electrons. The van der Waals surface area contributed by atoms with E-state index in [1.54, 1.807) is 79.8 Å². The average molecular weight is 1280 g/mol. The first kappa shape index (κ1) is 69.9. The maximum atomic E-state index is 12.1. The number of carbonyl (C=O) groups excluding carboxylic acids is 7. The van der Waals surface area contributed by atoms with Gasteiger partial charge in [-0.15, -0.1) is 35.6 Å². The predicted octanol–water partition coefficient (Wildman–Crippen LogP) is 6.79. The Kier molecular flexibility index (Phi) is 26.0. The van der Waals surface area contributed by atoms with Gasteiger partial charge in [0.05, 0.1) is 19.0 Å². The number of rotatable bonds is 22. The van der Waals surface area contributed by atoms with Crippen LogP contribution in [0.2, 0.25) is 15.1 Å². The molecule has 9 saturated carbocycles. The lowest BCUT2D eigenvalue weighted by atomic mass is 9.44. The number of nitrogens with one attached hydrogen (secondary N) is 6. The van der Waals surface area contributed by atoms with Crippen LogP contribution in [0.4, 0.5) is 0 Å². The minimum atomic E-state index is -0.508. The third-order valence-corrected chi connectivity index (χ3v) is 16.3. The molecule has 0 heterocycles. The number of hydrogen-bond acceptors (Lipinski definition) is 13. The second-order valence-corrected chi connectivity index (χ2v) is 24.9. The summed E-state index contributed by atoms with van der Waals surface area (Å²) in [7, 11) is 5.42. The molecule has 0 saturated heterocycles. The lowest BCUT2D eigenvalue weighted by Gasteiger charge is -2.70. The Morgan fingerprint density at radius 1 is 0.476 bits per heavy atom. The Hall–Kier alpha value is -4.54. The largest absolute Gasteiger partial charge is 0.484 e. The first-order valence-corrected chi connectivity index (χ1v) is 29.0. The van der Waals surface area contributed by atoms with Crippen molar-refractivity contribution in [1.82, 2.24) is 41.7 Å². The molecule has 3 aromatic rings. The number of nitrogens with two attached hydrogens (primary N) is 1. The van der Waals surface area contributed by atoms with Crippen molar-refractivity contribution >= 4 is 123 Å². The van der Waals surface area contributed by atoms with Crippen LogP contribution >= 0.6 is 82.0 Å².